The summed E-state index contributed by atoms with van der Waals surface area (Å²) >= 11 is 0. The van der Waals surface area contributed by atoms with E-state index in [9.17, 15) is 0 Å². The number of hydrogen-bond acceptors (Lipinski definition) is 7. The summed E-state index contributed by atoms with van der Waals surface area (Å²) in [5, 5.41) is 0. The standard InChI is InChI=1S/C31H17BN6O2/c1-4-18(14-19(5-1)38-22-6-2-10-35-29(22)30-23(38)7-3-11-36-30)28-31-21(9-13-37-28)32-20-8-12-33-15-24(20)39-25-16-34-17-26(40-31)27(25)32/h1-17H. The maximum absolute atomic E-state index is 6.55. The van der Waals surface area contributed by atoms with Crippen LogP contribution in [0.1, 0.15) is 0 Å². The summed E-state index contributed by atoms with van der Waals surface area (Å²) in [6, 6.07) is 20.4. The van der Waals surface area contributed by atoms with Crippen molar-refractivity contribution in [3.63, 3.8) is 0 Å². The molecule has 0 fully saturated rings. The third kappa shape index (κ3) is 2.88. The molecule has 2 aliphatic rings. The van der Waals surface area contributed by atoms with E-state index in [2.05, 4.69) is 54.8 Å². The molecule has 0 saturated carbocycles. The van der Waals surface area contributed by atoms with Crippen LogP contribution >= 0.6 is 0 Å². The molecule has 0 radical (unpaired) electrons. The summed E-state index contributed by atoms with van der Waals surface area (Å²) < 4.78 is 14.9. The van der Waals surface area contributed by atoms with Gasteiger partial charge in [0.05, 0.1) is 29.6 Å². The van der Waals surface area contributed by atoms with Crippen LogP contribution in [0.3, 0.4) is 0 Å². The Labute approximate surface area is 228 Å². The van der Waals surface area contributed by atoms with E-state index in [0.717, 1.165) is 61.1 Å². The van der Waals surface area contributed by atoms with Crippen molar-refractivity contribution in [3.8, 4) is 39.9 Å². The van der Waals surface area contributed by atoms with Gasteiger partial charge in [0.2, 0.25) is 0 Å². The van der Waals surface area contributed by atoms with Crippen molar-refractivity contribution in [3.05, 3.63) is 104 Å². The van der Waals surface area contributed by atoms with Crippen LogP contribution < -0.4 is 25.9 Å². The van der Waals surface area contributed by atoms with Gasteiger partial charge in [0, 0.05) is 41.5 Å². The Hall–Kier alpha value is -5.57. The molecular formula is C31H17BN6O2. The fourth-order valence-electron chi connectivity index (χ4n) is 6.02. The third-order valence-corrected chi connectivity index (χ3v) is 7.67. The van der Waals surface area contributed by atoms with Gasteiger partial charge in [0.25, 0.3) is 6.71 Å². The molecule has 0 atom stereocenters. The molecule has 8 nitrogen and oxygen atoms in total. The lowest BCUT2D eigenvalue weighted by molar-refractivity contribution is 0.459. The molecule has 9 rings (SSSR count). The van der Waals surface area contributed by atoms with Crippen molar-refractivity contribution in [1.29, 1.82) is 0 Å². The first-order chi connectivity index (χ1) is 19.8. The van der Waals surface area contributed by atoms with Crippen molar-refractivity contribution in [1.82, 2.24) is 29.5 Å². The SMILES string of the molecule is c1cc(-c2nccc3c2Oc2cncc4c2B3c2ccncc2O4)cc(-n2c3cccnc3c3ncccc32)c1. The molecule has 0 saturated heterocycles. The first kappa shape index (κ1) is 21.4. The van der Waals surface area contributed by atoms with Gasteiger partial charge in [-0.25, -0.2) is 0 Å². The van der Waals surface area contributed by atoms with Crippen LogP contribution in [0.5, 0.6) is 23.0 Å². The monoisotopic (exact) mass is 516 g/mol. The molecule has 8 heterocycles. The molecule has 0 unspecified atom stereocenters. The Balaban J connectivity index is 1.26. The normalized spacial score (nSPS) is 12.8. The predicted molar refractivity (Wildman–Crippen MR) is 153 cm³/mol. The summed E-state index contributed by atoms with van der Waals surface area (Å²) in [4.78, 5) is 22.7. The van der Waals surface area contributed by atoms with Gasteiger partial charge in [0.1, 0.15) is 39.7 Å². The molecule has 6 aromatic heterocycles. The fraction of sp³-hybridized carbons (Fsp3) is 0. The average molecular weight is 516 g/mol. The van der Waals surface area contributed by atoms with Crippen LogP contribution in [0.25, 0.3) is 39.0 Å². The first-order valence-corrected chi connectivity index (χ1v) is 12.9. The molecule has 0 bridgehead atoms. The topological polar surface area (TPSA) is 87.8 Å². The van der Waals surface area contributed by atoms with Gasteiger partial charge in [-0.05, 0) is 59.5 Å². The quantitative estimate of drug-likeness (QED) is 0.319. The second-order valence-corrected chi connectivity index (χ2v) is 9.81. The van der Waals surface area contributed by atoms with Crippen molar-refractivity contribution in [2.45, 2.75) is 0 Å². The molecule has 7 aromatic rings. The number of pyridine rings is 5. The minimum atomic E-state index is -0.0806. The fourth-order valence-corrected chi connectivity index (χ4v) is 6.02. The molecule has 2 aliphatic heterocycles. The largest absolute Gasteiger partial charge is 0.455 e. The van der Waals surface area contributed by atoms with Gasteiger partial charge in [0.15, 0.2) is 0 Å². The highest BCUT2D eigenvalue weighted by Gasteiger charge is 2.41. The minimum absolute atomic E-state index is 0.0806. The number of ether oxygens (including phenoxy) is 2. The van der Waals surface area contributed by atoms with Crippen LogP contribution in [0.4, 0.5) is 0 Å². The van der Waals surface area contributed by atoms with Gasteiger partial charge in [-0.2, -0.15) is 0 Å². The van der Waals surface area contributed by atoms with Gasteiger partial charge in [-0.1, -0.05) is 12.1 Å². The van der Waals surface area contributed by atoms with Crippen molar-refractivity contribution >= 4 is 45.2 Å². The average Bonchev–Trinajstić information content (AvgIpc) is 3.35. The van der Waals surface area contributed by atoms with Crippen molar-refractivity contribution in [2.75, 3.05) is 0 Å². The van der Waals surface area contributed by atoms with Crippen LogP contribution in [-0.4, -0.2) is 36.2 Å². The van der Waals surface area contributed by atoms with Crippen LogP contribution in [-0.2, 0) is 0 Å². The second-order valence-electron chi connectivity index (χ2n) is 9.81. The number of benzene rings is 1. The number of fused-ring (bicyclic) bond motifs is 7. The lowest BCUT2D eigenvalue weighted by Crippen LogP contribution is -2.57. The van der Waals surface area contributed by atoms with Gasteiger partial charge in [-0.15, -0.1) is 0 Å². The van der Waals surface area contributed by atoms with E-state index >= 15 is 0 Å². The Morgan fingerprint density at radius 1 is 0.625 bits per heavy atom. The van der Waals surface area contributed by atoms with Crippen molar-refractivity contribution < 1.29 is 9.47 Å². The van der Waals surface area contributed by atoms with Crippen LogP contribution in [0, 0.1) is 0 Å². The minimum Gasteiger partial charge on any atom is -0.455 e. The Bertz CT molecular complexity index is 2110. The van der Waals surface area contributed by atoms with E-state index in [-0.39, 0.29) is 6.71 Å². The van der Waals surface area contributed by atoms with E-state index in [0.29, 0.717) is 17.2 Å². The molecule has 186 valence electrons. The van der Waals surface area contributed by atoms with E-state index < -0.39 is 0 Å². The van der Waals surface area contributed by atoms with Gasteiger partial charge in [-0.3, -0.25) is 24.9 Å². The predicted octanol–water partition coefficient (Wildman–Crippen LogP) is 4.15. The summed E-state index contributed by atoms with van der Waals surface area (Å²) in [5.41, 5.74) is 9.44. The molecule has 0 spiro atoms. The van der Waals surface area contributed by atoms with Crippen LogP contribution in [0.2, 0.25) is 0 Å². The molecule has 0 aliphatic carbocycles. The molecule has 9 heteroatoms. The number of rotatable bonds is 2. The van der Waals surface area contributed by atoms with Crippen LogP contribution in [0.15, 0.2) is 104 Å². The molecule has 40 heavy (non-hydrogen) atoms. The summed E-state index contributed by atoms with van der Waals surface area (Å²) in [6.07, 6.45) is 12.5. The smallest absolute Gasteiger partial charge is 0.261 e. The zero-order valence-corrected chi connectivity index (χ0v) is 20.9. The molecular weight excluding hydrogens is 499 g/mol. The Kier molecular flexibility index (Phi) is 4.26. The highest BCUT2D eigenvalue weighted by Crippen LogP contribution is 2.38. The van der Waals surface area contributed by atoms with Gasteiger partial charge < -0.3 is 14.0 Å². The number of nitrogens with zero attached hydrogens (tertiary/aromatic N) is 6. The summed E-state index contributed by atoms with van der Waals surface area (Å²) in [6.45, 7) is -0.0806. The lowest BCUT2D eigenvalue weighted by atomic mass is 9.35. The summed E-state index contributed by atoms with van der Waals surface area (Å²) in [5.74, 6) is 2.79. The highest BCUT2D eigenvalue weighted by atomic mass is 16.5. The van der Waals surface area contributed by atoms with E-state index in [1.165, 1.54) is 0 Å². The molecule has 1 aromatic carbocycles. The van der Waals surface area contributed by atoms with Crippen molar-refractivity contribution in [2.24, 2.45) is 0 Å². The van der Waals surface area contributed by atoms with E-state index in [1.807, 2.05) is 36.5 Å². The number of aromatic nitrogens is 6. The van der Waals surface area contributed by atoms with E-state index in [1.54, 1.807) is 37.2 Å². The zero-order valence-electron chi connectivity index (χ0n) is 20.9. The summed E-state index contributed by atoms with van der Waals surface area (Å²) in [7, 11) is 0. The van der Waals surface area contributed by atoms with Gasteiger partial charge >= 0.3 is 0 Å². The Morgan fingerprint density at radius 3 is 2.20 bits per heavy atom. The van der Waals surface area contributed by atoms with E-state index in [4.69, 9.17) is 14.5 Å². The Morgan fingerprint density at radius 2 is 1.38 bits per heavy atom. The lowest BCUT2D eigenvalue weighted by Gasteiger charge is -2.32. The first-order valence-electron chi connectivity index (χ1n) is 12.9. The number of hydrogen-bond donors (Lipinski definition) is 0. The third-order valence-electron chi connectivity index (χ3n) is 7.67. The maximum atomic E-state index is 6.55. The molecule has 0 N–H and O–H groups in total. The zero-order chi connectivity index (χ0) is 26.2. The second kappa shape index (κ2) is 7.97. The molecule has 0 amide bonds. The maximum Gasteiger partial charge on any atom is 0.261 e. The highest BCUT2D eigenvalue weighted by molar-refractivity contribution is 6.98.